The maximum absolute atomic E-state index is 14.4. The van der Waals surface area contributed by atoms with Crippen LogP contribution >= 0.6 is 11.6 Å². The molecule has 1 aliphatic rings. The van der Waals surface area contributed by atoms with Crippen molar-refractivity contribution < 1.29 is 18.7 Å². The third-order valence-corrected chi connectivity index (χ3v) is 5.63. The number of hydrogen-bond acceptors (Lipinski definition) is 4. The molecule has 1 saturated heterocycles. The van der Waals surface area contributed by atoms with Crippen molar-refractivity contribution in [3.8, 4) is 11.4 Å². The molecule has 1 aliphatic heterocycles. The number of halogens is 2. The third-order valence-electron chi connectivity index (χ3n) is 5.35. The second-order valence-electron chi connectivity index (χ2n) is 7.06. The normalized spacial score (nSPS) is 14.3. The van der Waals surface area contributed by atoms with Crippen molar-refractivity contribution in [2.24, 2.45) is 0 Å². The molecule has 0 spiro atoms. The number of carbonyl (C=O) groups excluding carboxylic acids is 1. The summed E-state index contributed by atoms with van der Waals surface area (Å²) in [5.41, 5.74) is 2.40. The molecule has 3 aromatic rings. The summed E-state index contributed by atoms with van der Waals surface area (Å²) < 4.78 is 26.7. The molecule has 0 bridgehead atoms. The highest BCUT2D eigenvalue weighted by Crippen LogP contribution is 2.40. The fourth-order valence-corrected chi connectivity index (χ4v) is 4.16. The van der Waals surface area contributed by atoms with Gasteiger partial charge in [0.15, 0.2) is 5.69 Å². The van der Waals surface area contributed by atoms with Crippen molar-refractivity contribution in [2.45, 2.75) is 19.3 Å². The molecule has 0 N–H and O–H groups in total. The molecule has 29 heavy (non-hydrogen) atoms. The molecule has 152 valence electrons. The number of rotatable bonds is 4. The third kappa shape index (κ3) is 3.42. The fourth-order valence-electron chi connectivity index (χ4n) is 4.00. The average Bonchev–Trinajstić information content (AvgIpc) is 3.08. The second-order valence-corrected chi connectivity index (χ2v) is 7.46. The number of piperidine rings is 1. The molecule has 7 heteroatoms. The minimum atomic E-state index is -0.517. The highest BCUT2D eigenvalue weighted by molar-refractivity contribution is 6.31. The SMILES string of the molecule is COC(=O)c1c(N2CCCCC2)c2cc(F)c(Cl)cc2n1-c1cccc(OC)c1. The lowest BCUT2D eigenvalue weighted by molar-refractivity contribution is 0.0592. The Hall–Kier alpha value is -2.73. The predicted octanol–water partition coefficient (Wildman–Crippen LogP) is 5.21. The van der Waals surface area contributed by atoms with Crippen molar-refractivity contribution in [2.75, 3.05) is 32.2 Å². The molecule has 0 atom stereocenters. The Morgan fingerprint density at radius 1 is 1.10 bits per heavy atom. The molecule has 0 unspecified atom stereocenters. The van der Waals surface area contributed by atoms with E-state index in [9.17, 15) is 9.18 Å². The van der Waals surface area contributed by atoms with Crippen molar-refractivity contribution in [1.82, 2.24) is 4.57 Å². The zero-order valence-corrected chi connectivity index (χ0v) is 17.1. The van der Waals surface area contributed by atoms with Crippen LogP contribution in [0, 0.1) is 5.82 Å². The van der Waals surface area contributed by atoms with Gasteiger partial charge in [0, 0.05) is 24.5 Å². The van der Waals surface area contributed by atoms with Crippen molar-refractivity contribution in [3.05, 3.63) is 52.9 Å². The maximum Gasteiger partial charge on any atom is 0.357 e. The van der Waals surface area contributed by atoms with E-state index in [4.69, 9.17) is 21.1 Å². The topological polar surface area (TPSA) is 43.7 Å². The Morgan fingerprint density at radius 3 is 2.55 bits per heavy atom. The molecule has 5 nitrogen and oxygen atoms in total. The molecule has 0 aliphatic carbocycles. The van der Waals surface area contributed by atoms with Gasteiger partial charge in [0.05, 0.1) is 36.1 Å². The minimum absolute atomic E-state index is 0.000700. The van der Waals surface area contributed by atoms with Crippen LogP contribution in [0.5, 0.6) is 5.75 Å². The number of methoxy groups -OCH3 is 2. The van der Waals surface area contributed by atoms with Crippen LogP contribution in [0.15, 0.2) is 36.4 Å². The lowest BCUT2D eigenvalue weighted by Gasteiger charge is -2.29. The summed E-state index contributed by atoms with van der Waals surface area (Å²) in [5.74, 6) is -0.356. The molecule has 0 radical (unpaired) electrons. The van der Waals surface area contributed by atoms with Crippen LogP contribution in [0.25, 0.3) is 16.6 Å². The van der Waals surface area contributed by atoms with Gasteiger partial charge in [0.25, 0.3) is 0 Å². The Kier molecular flexibility index (Phi) is 5.37. The smallest absolute Gasteiger partial charge is 0.357 e. The number of benzene rings is 2. The number of carbonyl (C=O) groups is 1. The highest BCUT2D eigenvalue weighted by atomic mass is 35.5. The van der Waals surface area contributed by atoms with Gasteiger partial charge < -0.3 is 18.9 Å². The Labute approximate surface area is 173 Å². The van der Waals surface area contributed by atoms with Crippen molar-refractivity contribution in [3.63, 3.8) is 0 Å². The lowest BCUT2D eigenvalue weighted by Crippen LogP contribution is -2.31. The van der Waals surface area contributed by atoms with Crippen LogP contribution in [-0.4, -0.2) is 37.8 Å². The van der Waals surface area contributed by atoms with E-state index in [0.717, 1.165) is 32.4 Å². The molecular formula is C22H22ClFN2O3. The van der Waals surface area contributed by atoms with Crippen molar-refractivity contribution >= 4 is 34.2 Å². The van der Waals surface area contributed by atoms with E-state index in [1.54, 1.807) is 17.7 Å². The van der Waals surface area contributed by atoms with Gasteiger partial charge in [0.1, 0.15) is 11.6 Å². The molecule has 0 saturated carbocycles. The van der Waals surface area contributed by atoms with Gasteiger partial charge in [-0.15, -0.1) is 0 Å². The van der Waals surface area contributed by atoms with Crippen LogP contribution in [-0.2, 0) is 4.74 Å². The summed E-state index contributed by atoms with van der Waals surface area (Å²) in [6.45, 7) is 1.59. The van der Waals surface area contributed by atoms with Crippen LogP contribution in [0.2, 0.25) is 5.02 Å². The first-order chi connectivity index (χ1) is 14.0. The van der Waals surface area contributed by atoms with Gasteiger partial charge in [-0.05, 0) is 43.5 Å². The summed E-state index contributed by atoms with van der Waals surface area (Å²) in [7, 11) is 2.93. The standard InChI is InChI=1S/C22H22ClFN2O3/c1-28-15-8-6-7-14(11-15)26-19-13-17(23)18(24)12-16(19)20(21(26)22(27)29-2)25-9-4-3-5-10-25/h6-8,11-13H,3-5,9-10H2,1-2H3. The fraction of sp³-hybridized carbons (Fsp3) is 0.318. The average molecular weight is 417 g/mol. The van der Waals surface area contributed by atoms with Gasteiger partial charge in [-0.2, -0.15) is 0 Å². The predicted molar refractivity (Wildman–Crippen MR) is 112 cm³/mol. The van der Waals surface area contributed by atoms with E-state index < -0.39 is 11.8 Å². The molecule has 1 aromatic heterocycles. The van der Waals surface area contributed by atoms with Crippen LogP contribution in [0.3, 0.4) is 0 Å². The number of ether oxygens (including phenoxy) is 2. The van der Waals surface area contributed by atoms with Gasteiger partial charge in [-0.3, -0.25) is 0 Å². The minimum Gasteiger partial charge on any atom is -0.497 e. The molecular weight excluding hydrogens is 395 g/mol. The monoisotopic (exact) mass is 416 g/mol. The van der Waals surface area contributed by atoms with E-state index >= 15 is 0 Å². The van der Waals surface area contributed by atoms with E-state index in [0.29, 0.717) is 33.7 Å². The lowest BCUT2D eigenvalue weighted by atomic mass is 10.1. The Balaban J connectivity index is 2.09. The van der Waals surface area contributed by atoms with Gasteiger partial charge in [-0.1, -0.05) is 17.7 Å². The van der Waals surface area contributed by atoms with E-state index in [1.807, 2.05) is 24.3 Å². The summed E-state index contributed by atoms with van der Waals surface area (Å²) in [5, 5.41) is 0.637. The van der Waals surface area contributed by atoms with E-state index in [-0.39, 0.29) is 5.02 Å². The molecule has 1 fully saturated rings. The van der Waals surface area contributed by atoms with Crippen LogP contribution in [0.1, 0.15) is 29.8 Å². The zero-order chi connectivity index (χ0) is 20.5. The van der Waals surface area contributed by atoms with Crippen LogP contribution < -0.4 is 9.64 Å². The largest absolute Gasteiger partial charge is 0.497 e. The first-order valence-corrected chi connectivity index (χ1v) is 9.94. The summed E-state index contributed by atoms with van der Waals surface area (Å²) >= 11 is 6.12. The highest BCUT2D eigenvalue weighted by Gasteiger charge is 2.29. The number of esters is 1. The second kappa shape index (κ2) is 7.95. The molecule has 2 heterocycles. The Morgan fingerprint density at radius 2 is 1.86 bits per heavy atom. The number of nitrogens with zero attached hydrogens (tertiary/aromatic N) is 2. The van der Waals surface area contributed by atoms with Crippen LogP contribution in [0.4, 0.5) is 10.1 Å². The van der Waals surface area contributed by atoms with E-state index in [2.05, 4.69) is 4.90 Å². The maximum atomic E-state index is 14.4. The number of anilines is 1. The first-order valence-electron chi connectivity index (χ1n) is 9.56. The van der Waals surface area contributed by atoms with Gasteiger partial charge in [-0.25, -0.2) is 9.18 Å². The van der Waals surface area contributed by atoms with E-state index in [1.165, 1.54) is 13.2 Å². The zero-order valence-electron chi connectivity index (χ0n) is 16.4. The Bertz CT molecular complexity index is 1070. The molecule has 4 rings (SSSR count). The summed E-state index contributed by atoms with van der Waals surface area (Å²) in [6.07, 6.45) is 3.17. The van der Waals surface area contributed by atoms with Gasteiger partial charge >= 0.3 is 5.97 Å². The number of fused-ring (bicyclic) bond motifs is 1. The summed E-state index contributed by atoms with van der Waals surface area (Å²) in [4.78, 5) is 15.1. The quantitative estimate of drug-likeness (QED) is 0.548. The van der Waals surface area contributed by atoms with Crippen molar-refractivity contribution in [1.29, 1.82) is 0 Å². The molecule has 2 aromatic carbocycles. The number of aromatic nitrogens is 1. The number of hydrogen-bond donors (Lipinski definition) is 0. The van der Waals surface area contributed by atoms with Gasteiger partial charge in [0.2, 0.25) is 0 Å². The summed E-state index contributed by atoms with van der Waals surface area (Å²) in [6, 6.07) is 10.3. The first kappa shape index (κ1) is 19.6. The molecule has 0 amide bonds.